The van der Waals surface area contributed by atoms with E-state index in [0.717, 1.165) is 11.1 Å². The van der Waals surface area contributed by atoms with Gasteiger partial charge in [0.1, 0.15) is 0 Å². The number of carbonyl (C=O) groups is 2. The molecule has 0 saturated carbocycles. The molecular weight excluding hydrogens is 428 g/mol. The second kappa shape index (κ2) is 12.3. The summed E-state index contributed by atoms with van der Waals surface area (Å²) < 4.78 is 11.4. The first-order valence-electron chi connectivity index (χ1n) is 11.0. The zero-order valence-electron chi connectivity index (χ0n) is 19.4. The van der Waals surface area contributed by atoms with Crippen molar-refractivity contribution in [1.82, 2.24) is 10.6 Å². The van der Waals surface area contributed by atoms with Gasteiger partial charge in [0.05, 0.1) is 31.7 Å². The highest BCUT2D eigenvalue weighted by Crippen LogP contribution is 2.33. The molecule has 2 unspecified atom stereocenters. The molecule has 0 aromatic heterocycles. The van der Waals surface area contributed by atoms with Crippen molar-refractivity contribution >= 4 is 23.4 Å². The molecule has 6 nitrogen and oxygen atoms in total. The van der Waals surface area contributed by atoms with Crippen molar-refractivity contribution in [1.29, 1.82) is 0 Å². The molecule has 174 valence electrons. The largest absolute Gasteiger partial charge is 0.490 e. The lowest BCUT2D eigenvalue weighted by atomic mass is 9.95. The summed E-state index contributed by atoms with van der Waals surface area (Å²) in [6, 6.07) is 12.2. The third kappa shape index (κ3) is 7.45. The molecule has 2 aromatic rings. The predicted molar refractivity (Wildman–Crippen MR) is 127 cm³/mol. The topological polar surface area (TPSA) is 76.7 Å². The molecule has 0 spiro atoms. The summed E-state index contributed by atoms with van der Waals surface area (Å²) >= 11 is 5.98. The van der Waals surface area contributed by atoms with E-state index in [4.69, 9.17) is 21.1 Å². The van der Waals surface area contributed by atoms with Crippen molar-refractivity contribution in [3.63, 3.8) is 0 Å². The quantitative estimate of drug-likeness (QED) is 0.482. The summed E-state index contributed by atoms with van der Waals surface area (Å²) in [5, 5.41) is 6.58. The fraction of sp³-hybridized carbons (Fsp3) is 0.440. The highest BCUT2D eigenvalue weighted by atomic mass is 35.5. The van der Waals surface area contributed by atoms with Crippen LogP contribution in [0.25, 0.3) is 0 Å². The minimum absolute atomic E-state index is 0.111. The summed E-state index contributed by atoms with van der Waals surface area (Å²) in [5.74, 6) is 1.11. The number of amides is 2. The van der Waals surface area contributed by atoms with Crippen LogP contribution in [0.5, 0.6) is 11.5 Å². The monoisotopic (exact) mass is 460 g/mol. The Morgan fingerprint density at radius 3 is 2.06 bits per heavy atom. The predicted octanol–water partition coefficient (Wildman–Crippen LogP) is 5.22. The van der Waals surface area contributed by atoms with Crippen LogP contribution in [0.1, 0.15) is 64.3 Å². The van der Waals surface area contributed by atoms with Crippen LogP contribution in [0.3, 0.4) is 0 Å². The molecule has 7 heteroatoms. The smallest absolute Gasteiger partial charge is 0.222 e. The molecule has 0 aliphatic carbocycles. The van der Waals surface area contributed by atoms with Gasteiger partial charge in [-0.1, -0.05) is 43.6 Å². The molecule has 0 aliphatic rings. The Morgan fingerprint density at radius 1 is 0.906 bits per heavy atom. The van der Waals surface area contributed by atoms with Crippen LogP contribution in [0.15, 0.2) is 42.5 Å². The van der Waals surface area contributed by atoms with E-state index in [0.29, 0.717) is 29.7 Å². The van der Waals surface area contributed by atoms with Gasteiger partial charge in [0.15, 0.2) is 11.5 Å². The third-order valence-electron chi connectivity index (χ3n) is 4.95. The summed E-state index contributed by atoms with van der Waals surface area (Å²) in [4.78, 5) is 24.7. The van der Waals surface area contributed by atoms with Gasteiger partial charge in [-0.25, -0.2) is 0 Å². The summed E-state index contributed by atoms with van der Waals surface area (Å²) in [6.45, 7) is 10.4. The molecule has 32 heavy (non-hydrogen) atoms. The molecule has 2 amide bonds. The normalized spacial score (nSPS) is 12.7. The molecule has 0 aliphatic heterocycles. The number of nitrogens with one attached hydrogen (secondary N) is 2. The fourth-order valence-corrected chi connectivity index (χ4v) is 3.63. The van der Waals surface area contributed by atoms with E-state index >= 15 is 0 Å². The van der Waals surface area contributed by atoms with Gasteiger partial charge in [-0.15, -0.1) is 0 Å². The van der Waals surface area contributed by atoms with Crippen molar-refractivity contribution in [2.45, 2.75) is 53.1 Å². The van der Waals surface area contributed by atoms with E-state index in [1.54, 1.807) is 12.1 Å². The molecule has 0 bridgehead atoms. The molecule has 2 N–H and O–H groups in total. The maximum atomic E-state index is 13.0. The zero-order valence-corrected chi connectivity index (χ0v) is 20.2. The lowest BCUT2D eigenvalue weighted by molar-refractivity contribution is -0.123. The Labute approximate surface area is 195 Å². The zero-order chi connectivity index (χ0) is 23.7. The maximum absolute atomic E-state index is 13.0. The van der Waals surface area contributed by atoms with Gasteiger partial charge in [0, 0.05) is 11.9 Å². The minimum atomic E-state index is -0.447. The van der Waals surface area contributed by atoms with Crippen LogP contribution >= 0.6 is 11.6 Å². The number of carbonyl (C=O) groups excluding carboxylic acids is 2. The first-order valence-corrected chi connectivity index (χ1v) is 11.3. The van der Waals surface area contributed by atoms with Crippen molar-refractivity contribution in [3.05, 3.63) is 58.6 Å². The Kier molecular flexibility index (Phi) is 9.85. The number of rotatable bonds is 11. The summed E-state index contributed by atoms with van der Waals surface area (Å²) in [7, 11) is 0. The average molecular weight is 461 g/mol. The van der Waals surface area contributed by atoms with Gasteiger partial charge >= 0.3 is 0 Å². The van der Waals surface area contributed by atoms with Crippen molar-refractivity contribution in [2.24, 2.45) is 5.92 Å². The first-order chi connectivity index (χ1) is 15.2. The second-order valence-corrected chi connectivity index (χ2v) is 8.31. The van der Waals surface area contributed by atoms with Crippen molar-refractivity contribution in [2.75, 3.05) is 13.2 Å². The molecule has 2 atom stereocenters. The molecule has 0 heterocycles. The first kappa shape index (κ1) is 25.5. The van der Waals surface area contributed by atoms with Gasteiger partial charge in [-0.05, 0) is 55.2 Å². The lowest BCUT2D eigenvalue weighted by Crippen LogP contribution is -2.36. The van der Waals surface area contributed by atoms with E-state index in [1.165, 1.54) is 6.92 Å². The fourth-order valence-electron chi connectivity index (χ4n) is 3.51. The van der Waals surface area contributed by atoms with Gasteiger partial charge in [0.25, 0.3) is 0 Å². The Morgan fingerprint density at radius 2 is 1.50 bits per heavy atom. The highest BCUT2D eigenvalue weighted by molar-refractivity contribution is 6.30. The Hall–Kier alpha value is -2.73. The van der Waals surface area contributed by atoms with Gasteiger partial charge in [-0.2, -0.15) is 0 Å². The number of hydrogen-bond donors (Lipinski definition) is 2. The van der Waals surface area contributed by atoms with Crippen LogP contribution in [0.4, 0.5) is 0 Å². The molecule has 0 saturated heterocycles. The van der Waals surface area contributed by atoms with E-state index < -0.39 is 6.04 Å². The van der Waals surface area contributed by atoms with E-state index in [-0.39, 0.29) is 30.2 Å². The minimum Gasteiger partial charge on any atom is -0.490 e. The Bertz CT molecular complexity index is 899. The van der Waals surface area contributed by atoms with Crippen LogP contribution in [0, 0.1) is 5.92 Å². The third-order valence-corrected chi connectivity index (χ3v) is 5.20. The molecular formula is C25H33ClN2O4. The number of halogens is 1. The summed E-state index contributed by atoms with van der Waals surface area (Å²) in [6.07, 6.45) is 0.111. The van der Waals surface area contributed by atoms with Crippen LogP contribution in [0.2, 0.25) is 5.02 Å². The van der Waals surface area contributed by atoms with Gasteiger partial charge in [-0.3, -0.25) is 9.59 Å². The number of ether oxygens (including phenoxy) is 2. The van der Waals surface area contributed by atoms with E-state index in [1.807, 2.05) is 58.0 Å². The van der Waals surface area contributed by atoms with Crippen molar-refractivity contribution in [3.8, 4) is 11.5 Å². The lowest BCUT2D eigenvalue weighted by Gasteiger charge is -2.26. The van der Waals surface area contributed by atoms with Gasteiger partial charge < -0.3 is 20.1 Å². The molecule has 0 radical (unpaired) electrons. The molecule has 0 fully saturated rings. The standard InChI is InChI=1S/C25H33ClN2O4/c1-6-31-22-13-10-19(14-23(22)32-7-2)25(16(3)4)28-24(30)15-21(27-17(5)29)18-8-11-20(26)12-9-18/h8-14,16,21,25H,6-7,15H2,1-5H3,(H,27,29)(H,28,30). The average Bonchev–Trinajstić information content (AvgIpc) is 2.73. The highest BCUT2D eigenvalue weighted by Gasteiger charge is 2.23. The summed E-state index contributed by atoms with van der Waals surface area (Å²) in [5.41, 5.74) is 1.75. The SMILES string of the molecule is CCOc1ccc(C(NC(=O)CC(NC(C)=O)c2ccc(Cl)cc2)C(C)C)cc1OCC. The second-order valence-electron chi connectivity index (χ2n) is 7.87. The van der Waals surface area contributed by atoms with E-state index in [2.05, 4.69) is 10.6 Å². The van der Waals surface area contributed by atoms with Gasteiger partial charge in [0.2, 0.25) is 11.8 Å². The van der Waals surface area contributed by atoms with Crippen LogP contribution in [-0.4, -0.2) is 25.0 Å². The molecule has 2 aromatic carbocycles. The molecule has 2 rings (SSSR count). The van der Waals surface area contributed by atoms with Crippen LogP contribution in [-0.2, 0) is 9.59 Å². The maximum Gasteiger partial charge on any atom is 0.222 e. The van der Waals surface area contributed by atoms with E-state index in [9.17, 15) is 9.59 Å². The Balaban J connectivity index is 2.22. The van der Waals surface area contributed by atoms with Crippen molar-refractivity contribution < 1.29 is 19.1 Å². The van der Waals surface area contributed by atoms with Crippen LogP contribution < -0.4 is 20.1 Å². The number of hydrogen-bond acceptors (Lipinski definition) is 4. The number of benzene rings is 2.